The highest BCUT2D eigenvalue weighted by Gasteiger charge is 2.15. The van der Waals surface area contributed by atoms with Crippen LogP contribution in [0.4, 0.5) is 30.6 Å². The number of halogens is 3. The zero-order valence-electron chi connectivity index (χ0n) is 16.8. The van der Waals surface area contributed by atoms with E-state index in [0.717, 1.165) is 24.1 Å². The minimum Gasteiger partial charge on any atom is -0.387 e. The topological polar surface area (TPSA) is 113 Å². The molecule has 1 aliphatic rings. The quantitative estimate of drug-likeness (QED) is 0.505. The van der Waals surface area contributed by atoms with Gasteiger partial charge in [0.05, 0.1) is 11.0 Å². The summed E-state index contributed by atoms with van der Waals surface area (Å²) >= 11 is 0. The zero-order valence-corrected chi connectivity index (χ0v) is 17.6. The Morgan fingerprint density at radius 3 is 2.48 bits per heavy atom. The first kappa shape index (κ1) is 24.5. The summed E-state index contributed by atoms with van der Waals surface area (Å²) in [5.41, 5.74) is 1.68. The molecule has 0 fully saturated rings. The minimum absolute atomic E-state index is 0.188. The summed E-state index contributed by atoms with van der Waals surface area (Å²) in [4.78, 5) is 9.10. The van der Waals surface area contributed by atoms with Crippen LogP contribution >= 0.6 is 0 Å². The number of nitrogens with one attached hydrogen (secondary N) is 2. The summed E-state index contributed by atoms with van der Waals surface area (Å²) in [6.07, 6.45) is 5.11. The molecule has 0 amide bonds. The van der Waals surface area contributed by atoms with E-state index in [2.05, 4.69) is 32.8 Å². The molecule has 2 aromatic rings. The number of aliphatic hydroxyl groups is 1. The fourth-order valence-electron chi connectivity index (χ4n) is 2.52. The predicted octanol–water partition coefficient (Wildman–Crippen LogP) is 3.82. The van der Waals surface area contributed by atoms with Gasteiger partial charge in [-0.05, 0) is 48.7 Å². The van der Waals surface area contributed by atoms with Gasteiger partial charge in [-0.3, -0.25) is 0 Å². The summed E-state index contributed by atoms with van der Waals surface area (Å²) in [6, 6.07) is 8.62. The molecule has 0 saturated heterocycles. The number of benzene rings is 1. The van der Waals surface area contributed by atoms with E-state index in [4.69, 9.17) is 5.14 Å². The summed E-state index contributed by atoms with van der Waals surface area (Å²) < 4.78 is 42.3. The van der Waals surface area contributed by atoms with Crippen LogP contribution in [0.15, 0.2) is 65.2 Å². The highest BCUT2D eigenvalue weighted by atomic mass is 32.2. The van der Waals surface area contributed by atoms with Gasteiger partial charge in [0.15, 0.2) is 0 Å². The molecule has 0 saturated carbocycles. The standard InChI is InChI=1S/C18H21N5O2S.C2H3F3/c19-26(25)15-8-6-14(7-9-15)22-18-20-11-10-17(23-18)21-12-16(24)13-4-2-1-3-5-13;1-2(3,4)5/h2,4-11,16,24H,1,3,12,19H2,(H2,20,21,22,23);1H3. The maximum Gasteiger partial charge on any atom is 0.386 e. The highest BCUT2D eigenvalue weighted by molar-refractivity contribution is 7.82. The number of aromatic nitrogens is 2. The van der Waals surface area contributed by atoms with Gasteiger partial charge < -0.3 is 15.7 Å². The Kier molecular flexibility index (Phi) is 9.16. The lowest BCUT2D eigenvalue weighted by Gasteiger charge is -2.16. The molecule has 0 bridgehead atoms. The number of aliphatic hydroxyl groups excluding tert-OH is 1. The first-order valence-electron chi connectivity index (χ1n) is 9.33. The van der Waals surface area contributed by atoms with Gasteiger partial charge in [0.1, 0.15) is 16.8 Å². The number of hydrogen-bond donors (Lipinski definition) is 4. The molecule has 168 valence electrons. The van der Waals surface area contributed by atoms with Crippen molar-refractivity contribution in [2.75, 3.05) is 17.2 Å². The Bertz CT molecular complexity index is 927. The second kappa shape index (κ2) is 11.6. The number of nitrogens with two attached hydrogens (primary N) is 1. The van der Waals surface area contributed by atoms with Gasteiger partial charge >= 0.3 is 6.18 Å². The fraction of sp³-hybridized carbons (Fsp3) is 0.300. The largest absolute Gasteiger partial charge is 0.387 e. The monoisotopic (exact) mass is 455 g/mol. The number of hydrogen-bond acceptors (Lipinski definition) is 6. The third kappa shape index (κ3) is 9.73. The van der Waals surface area contributed by atoms with Crippen LogP contribution in [0.5, 0.6) is 0 Å². The number of rotatable bonds is 7. The number of anilines is 3. The average molecular weight is 456 g/mol. The van der Waals surface area contributed by atoms with Crippen LogP contribution in [0.2, 0.25) is 0 Å². The molecular formula is C20H24F3N5O2S. The van der Waals surface area contributed by atoms with E-state index < -0.39 is 23.3 Å². The van der Waals surface area contributed by atoms with Crippen molar-refractivity contribution in [3.05, 3.63) is 60.3 Å². The van der Waals surface area contributed by atoms with Crippen molar-refractivity contribution < 1.29 is 22.5 Å². The van der Waals surface area contributed by atoms with E-state index in [1.807, 2.05) is 6.08 Å². The second-order valence-electron chi connectivity index (χ2n) is 6.57. The highest BCUT2D eigenvalue weighted by Crippen LogP contribution is 2.17. The number of nitrogens with zero attached hydrogens (tertiary/aromatic N) is 2. The molecule has 0 radical (unpaired) electrons. The molecule has 2 unspecified atom stereocenters. The van der Waals surface area contributed by atoms with Gasteiger partial charge in [-0.15, -0.1) is 0 Å². The molecule has 1 aromatic heterocycles. The average Bonchev–Trinajstić information content (AvgIpc) is 2.72. The van der Waals surface area contributed by atoms with Gasteiger partial charge in [0, 0.05) is 25.4 Å². The van der Waals surface area contributed by atoms with Crippen molar-refractivity contribution in [2.24, 2.45) is 5.14 Å². The van der Waals surface area contributed by atoms with Crippen molar-refractivity contribution in [1.29, 1.82) is 0 Å². The van der Waals surface area contributed by atoms with E-state index in [1.165, 1.54) is 0 Å². The van der Waals surface area contributed by atoms with E-state index in [0.29, 0.717) is 23.2 Å². The van der Waals surface area contributed by atoms with E-state index in [-0.39, 0.29) is 6.92 Å². The SMILES string of the molecule is CC(F)(F)F.NS(=O)c1ccc(Nc2nccc(NCC(O)C3=CCCC=C3)n2)cc1. The third-order valence-corrected chi connectivity index (χ3v) is 4.62. The van der Waals surface area contributed by atoms with Gasteiger partial charge in [0.2, 0.25) is 5.95 Å². The lowest BCUT2D eigenvalue weighted by atomic mass is 10.0. The first-order chi connectivity index (χ1) is 14.6. The van der Waals surface area contributed by atoms with Crippen molar-refractivity contribution in [1.82, 2.24) is 9.97 Å². The number of alkyl halides is 3. The molecule has 31 heavy (non-hydrogen) atoms. The number of allylic oxidation sites excluding steroid dienone is 2. The lowest BCUT2D eigenvalue weighted by molar-refractivity contribution is -0.110. The summed E-state index contributed by atoms with van der Waals surface area (Å²) in [5, 5.41) is 21.8. The van der Waals surface area contributed by atoms with Crippen molar-refractivity contribution in [2.45, 2.75) is 36.9 Å². The Morgan fingerprint density at radius 1 is 1.23 bits per heavy atom. The molecule has 11 heteroatoms. The van der Waals surface area contributed by atoms with E-state index >= 15 is 0 Å². The zero-order chi connectivity index (χ0) is 22.9. The predicted molar refractivity (Wildman–Crippen MR) is 115 cm³/mol. The summed E-state index contributed by atoms with van der Waals surface area (Å²) in [5.74, 6) is 1.03. The first-order valence-corrected chi connectivity index (χ1v) is 10.5. The normalized spacial score (nSPS) is 15.2. The van der Waals surface area contributed by atoms with Crippen molar-refractivity contribution in [3.8, 4) is 0 Å². The fourth-order valence-corrected chi connectivity index (χ4v) is 2.92. The smallest absolute Gasteiger partial charge is 0.386 e. The van der Waals surface area contributed by atoms with Crippen LogP contribution in [0.1, 0.15) is 19.8 Å². The molecule has 1 heterocycles. The van der Waals surface area contributed by atoms with Crippen LogP contribution < -0.4 is 15.8 Å². The van der Waals surface area contributed by atoms with Crippen LogP contribution in [-0.4, -0.2) is 38.1 Å². The Hall–Kier alpha value is -2.76. The van der Waals surface area contributed by atoms with Gasteiger partial charge in [0.25, 0.3) is 0 Å². The maximum atomic E-state index is 11.2. The molecule has 0 aliphatic heterocycles. The van der Waals surface area contributed by atoms with Crippen LogP contribution in [0.3, 0.4) is 0 Å². The molecule has 5 N–H and O–H groups in total. The summed E-state index contributed by atoms with van der Waals surface area (Å²) in [6.45, 7) is 0.552. The van der Waals surface area contributed by atoms with E-state index in [9.17, 15) is 22.5 Å². The van der Waals surface area contributed by atoms with Gasteiger partial charge in [-0.25, -0.2) is 14.3 Å². The molecule has 3 rings (SSSR count). The Morgan fingerprint density at radius 2 is 1.90 bits per heavy atom. The molecule has 1 aromatic carbocycles. The minimum atomic E-state index is -4.00. The van der Waals surface area contributed by atoms with E-state index in [1.54, 1.807) is 36.5 Å². The molecule has 7 nitrogen and oxygen atoms in total. The van der Waals surface area contributed by atoms with Crippen LogP contribution in [0, 0.1) is 0 Å². The molecule has 2 atom stereocenters. The van der Waals surface area contributed by atoms with Gasteiger partial charge in [-0.2, -0.15) is 18.2 Å². The third-order valence-electron chi connectivity index (χ3n) is 3.88. The molecular weight excluding hydrogens is 431 g/mol. The lowest BCUT2D eigenvalue weighted by Crippen LogP contribution is -2.22. The Labute approximate surface area is 180 Å². The summed E-state index contributed by atoms with van der Waals surface area (Å²) in [7, 11) is -1.50. The van der Waals surface area contributed by atoms with Crippen molar-refractivity contribution in [3.63, 3.8) is 0 Å². The maximum absolute atomic E-state index is 11.2. The molecule has 0 spiro atoms. The second-order valence-corrected chi connectivity index (χ2v) is 7.64. The van der Waals surface area contributed by atoms with Crippen LogP contribution in [0.25, 0.3) is 0 Å². The molecule has 1 aliphatic carbocycles. The Balaban J connectivity index is 0.000000614. The van der Waals surface area contributed by atoms with Crippen molar-refractivity contribution >= 4 is 28.4 Å². The van der Waals surface area contributed by atoms with Gasteiger partial charge in [-0.1, -0.05) is 18.2 Å². The van der Waals surface area contributed by atoms with Crippen LogP contribution in [-0.2, 0) is 11.0 Å².